The average molecular weight is 298 g/mol. The van der Waals surface area contributed by atoms with Gasteiger partial charge in [-0.1, -0.05) is 6.07 Å². The molecule has 21 heavy (non-hydrogen) atoms. The lowest BCUT2D eigenvalue weighted by molar-refractivity contribution is -0.00663. The van der Waals surface area contributed by atoms with Gasteiger partial charge in [-0.25, -0.2) is 14.0 Å². The molecule has 0 aliphatic carbocycles. The van der Waals surface area contributed by atoms with Crippen LogP contribution in [0, 0.1) is 5.82 Å². The fourth-order valence-electron chi connectivity index (χ4n) is 1.75. The van der Waals surface area contributed by atoms with Crippen molar-refractivity contribution in [3.8, 4) is 0 Å². The molecule has 2 amide bonds. The van der Waals surface area contributed by atoms with Gasteiger partial charge in [0, 0.05) is 13.2 Å². The number of aromatic carboxylic acids is 1. The summed E-state index contributed by atoms with van der Waals surface area (Å²) >= 11 is 0. The van der Waals surface area contributed by atoms with Crippen molar-refractivity contribution >= 4 is 17.7 Å². The van der Waals surface area contributed by atoms with Crippen LogP contribution in [0.5, 0.6) is 0 Å². The summed E-state index contributed by atoms with van der Waals surface area (Å²) in [4.78, 5) is 22.8. The number of anilines is 1. The Labute approximate surface area is 122 Å². The van der Waals surface area contributed by atoms with E-state index >= 15 is 0 Å². The van der Waals surface area contributed by atoms with Crippen molar-refractivity contribution in [3.63, 3.8) is 0 Å². The lowest BCUT2D eigenvalue weighted by atomic mass is 10.1. The molecule has 7 heteroatoms. The first-order valence-corrected chi connectivity index (χ1v) is 6.47. The maximum Gasteiger partial charge on any atom is 0.340 e. The smallest absolute Gasteiger partial charge is 0.340 e. The number of carbonyl (C=O) groups is 2. The predicted octanol–water partition coefficient (Wildman–Crippen LogP) is 2.46. The third-order valence-corrected chi connectivity index (χ3v) is 2.69. The fraction of sp³-hybridized carbons (Fsp3) is 0.429. The van der Waals surface area contributed by atoms with Crippen LogP contribution < -0.4 is 10.6 Å². The van der Waals surface area contributed by atoms with Crippen molar-refractivity contribution in [1.82, 2.24) is 5.32 Å². The average Bonchev–Trinajstić information content (AvgIpc) is 2.36. The van der Waals surface area contributed by atoms with E-state index in [1.165, 1.54) is 12.1 Å². The van der Waals surface area contributed by atoms with Crippen LogP contribution in [0.25, 0.3) is 0 Å². The highest BCUT2D eigenvalue weighted by Gasteiger charge is 2.20. The van der Waals surface area contributed by atoms with E-state index in [9.17, 15) is 14.0 Å². The number of hydrogen-bond acceptors (Lipinski definition) is 3. The first-order chi connectivity index (χ1) is 9.76. The molecule has 0 spiro atoms. The van der Waals surface area contributed by atoms with E-state index in [0.717, 1.165) is 6.07 Å². The Hall–Kier alpha value is -2.15. The molecule has 1 rings (SSSR count). The molecule has 0 saturated heterocycles. The number of rotatable bonds is 6. The van der Waals surface area contributed by atoms with E-state index in [2.05, 4.69) is 10.6 Å². The van der Waals surface area contributed by atoms with E-state index in [4.69, 9.17) is 9.84 Å². The molecule has 0 aliphatic rings. The molecule has 0 radical (unpaired) electrons. The monoisotopic (exact) mass is 298 g/mol. The van der Waals surface area contributed by atoms with Gasteiger partial charge in [-0.15, -0.1) is 0 Å². The Bertz CT molecular complexity index is 532. The maximum atomic E-state index is 13.5. The number of carbonyl (C=O) groups excluding carboxylic acids is 1. The molecule has 1 aromatic rings. The molecule has 116 valence electrons. The van der Waals surface area contributed by atoms with Gasteiger partial charge in [0.25, 0.3) is 0 Å². The maximum absolute atomic E-state index is 13.5. The largest absolute Gasteiger partial charge is 0.478 e. The number of carboxylic acid groups (broad SMARTS) is 1. The van der Waals surface area contributed by atoms with Gasteiger partial charge in [0.15, 0.2) is 0 Å². The summed E-state index contributed by atoms with van der Waals surface area (Å²) in [5, 5.41) is 13.8. The summed E-state index contributed by atoms with van der Waals surface area (Å²) in [6, 6.07) is 3.03. The van der Waals surface area contributed by atoms with Gasteiger partial charge in [-0.3, -0.25) is 0 Å². The van der Waals surface area contributed by atoms with Gasteiger partial charge in [-0.05, 0) is 32.9 Å². The van der Waals surface area contributed by atoms with Gasteiger partial charge < -0.3 is 20.5 Å². The zero-order chi connectivity index (χ0) is 16.0. The van der Waals surface area contributed by atoms with Crippen LogP contribution in [0.4, 0.5) is 14.9 Å². The molecule has 3 N–H and O–H groups in total. The highest BCUT2D eigenvalue weighted by atomic mass is 19.1. The molecular formula is C14H19FN2O4. The molecule has 6 nitrogen and oxygen atoms in total. The zero-order valence-corrected chi connectivity index (χ0v) is 12.2. The minimum absolute atomic E-state index is 0.103. The van der Waals surface area contributed by atoms with Crippen LogP contribution in [0.15, 0.2) is 18.2 Å². The van der Waals surface area contributed by atoms with Crippen LogP contribution in [-0.2, 0) is 4.74 Å². The standard InChI is InChI=1S/C14H19FN2O4/c1-4-21-14(2,3)8-16-13(20)17-10-7-5-6-9(15)11(10)12(18)19/h5-7H,4,8H2,1-3H3,(H,18,19)(H2,16,17,20). The van der Waals surface area contributed by atoms with Crippen LogP contribution in [0.2, 0.25) is 0 Å². The third kappa shape index (κ3) is 5.03. The molecule has 0 heterocycles. The van der Waals surface area contributed by atoms with Gasteiger partial charge >= 0.3 is 12.0 Å². The summed E-state index contributed by atoms with van der Waals surface area (Å²) < 4.78 is 18.9. The number of hydrogen-bond donors (Lipinski definition) is 3. The second-order valence-corrected chi connectivity index (χ2v) is 4.97. The number of amides is 2. The van der Waals surface area contributed by atoms with Crippen LogP contribution in [0.3, 0.4) is 0 Å². The fourth-order valence-corrected chi connectivity index (χ4v) is 1.75. The number of nitrogens with one attached hydrogen (secondary N) is 2. The lowest BCUT2D eigenvalue weighted by Gasteiger charge is -2.25. The van der Waals surface area contributed by atoms with Crippen molar-refractivity contribution in [2.24, 2.45) is 0 Å². The Morgan fingerprint density at radius 2 is 2.05 bits per heavy atom. The van der Waals surface area contributed by atoms with Gasteiger partial charge in [0.05, 0.1) is 11.3 Å². The minimum atomic E-state index is -1.45. The van der Waals surface area contributed by atoms with E-state index in [1.54, 1.807) is 0 Å². The topological polar surface area (TPSA) is 87.7 Å². The Balaban J connectivity index is 2.72. The lowest BCUT2D eigenvalue weighted by Crippen LogP contribution is -2.42. The second-order valence-electron chi connectivity index (χ2n) is 4.97. The second kappa shape index (κ2) is 7.03. The molecule has 0 aromatic heterocycles. The van der Waals surface area contributed by atoms with Crippen molar-refractivity contribution in [2.75, 3.05) is 18.5 Å². The molecule has 0 aliphatic heterocycles. The molecule has 0 saturated carbocycles. The summed E-state index contributed by atoms with van der Waals surface area (Å²) in [6.07, 6.45) is 0. The summed E-state index contributed by atoms with van der Waals surface area (Å²) in [5.41, 5.74) is -1.23. The van der Waals surface area contributed by atoms with Crippen LogP contribution in [0.1, 0.15) is 31.1 Å². The Morgan fingerprint density at radius 3 is 2.62 bits per heavy atom. The van der Waals surface area contributed by atoms with Crippen LogP contribution >= 0.6 is 0 Å². The summed E-state index contributed by atoms with van der Waals surface area (Å²) in [5.74, 6) is -2.35. The van der Waals surface area contributed by atoms with Crippen molar-refractivity contribution < 1.29 is 23.8 Å². The molecule has 0 atom stereocenters. The Morgan fingerprint density at radius 1 is 1.38 bits per heavy atom. The van der Waals surface area contributed by atoms with Crippen molar-refractivity contribution in [3.05, 3.63) is 29.6 Å². The van der Waals surface area contributed by atoms with E-state index < -0.39 is 29.0 Å². The number of urea groups is 1. The van der Waals surface area contributed by atoms with Crippen LogP contribution in [-0.4, -0.2) is 35.9 Å². The van der Waals surface area contributed by atoms with E-state index in [-0.39, 0.29) is 12.2 Å². The summed E-state index contributed by atoms with van der Waals surface area (Å²) in [6.45, 7) is 6.19. The first kappa shape index (κ1) is 16.9. The van der Waals surface area contributed by atoms with Gasteiger partial charge in [0.2, 0.25) is 0 Å². The molecular weight excluding hydrogens is 279 g/mol. The van der Waals surface area contributed by atoms with E-state index in [1.807, 2.05) is 20.8 Å². The predicted molar refractivity (Wildman–Crippen MR) is 76.1 cm³/mol. The third-order valence-electron chi connectivity index (χ3n) is 2.69. The highest BCUT2D eigenvalue weighted by Crippen LogP contribution is 2.18. The van der Waals surface area contributed by atoms with Gasteiger partial charge in [0.1, 0.15) is 11.4 Å². The molecule has 0 fully saturated rings. The minimum Gasteiger partial charge on any atom is -0.478 e. The quantitative estimate of drug-likeness (QED) is 0.753. The zero-order valence-electron chi connectivity index (χ0n) is 12.2. The molecule has 0 bridgehead atoms. The molecule has 0 unspecified atom stereocenters. The first-order valence-electron chi connectivity index (χ1n) is 6.47. The number of carboxylic acids is 1. The SMILES string of the molecule is CCOC(C)(C)CNC(=O)Nc1cccc(F)c1C(=O)O. The van der Waals surface area contributed by atoms with E-state index in [0.29, 0.717) is 6.61 Å². The highest BCUT2D eigenvalue weighted by molar-refractivity contribution is 6.00. The Kier molecular flexibility index (Phi) is 5.66. The van der Waals surface area contributed by atoms with Gasteiger partial charge in [-0.2, -0.15) is 0 Å². The normalized spacial score (nSPS) is 11.0. The van der Waals surface area contributed by atoms with Crippen molar-refractivity contribution in [2.45, 2.75) is 26.4 Å². The van der Waals surface area contributed by atoms with Crippen molar-refractivity contribution in [1.29, 1.82) is 0 Å². The number of ether oxygens (including phenoxy) is 1. The summed E-state index contributed by atoms with van der Waals surface area (Å²) in [7, 11) is 0. The number of halogens is 1. The number of benzene rings is 1. The molecule has 1 aromatic carbocycles.